The lowest BCUT2D eigenvalue weighted by Crippen LogP contribution is -2.17. The second kappa shape index (κ2) is 5.75. The van der Waals surface area contributed by atoms with Crippen LogP contribution in [0.25, 0.3) is 11.5 Å². The van der Waals surface area contributed by atoms with Gasteiger partial charge in [-0.05, 0) is 50.8 Å². The smallest absolute Gasteiger partial charge is 0.248 e. The van der Waals surface area contributed by atoms with Crippen LogP contribution in [0.15, 0.2) is 22.6 Å². The number of benzene rings is 1. The molecular formula is C16H21N3O. The molecule has 0 spiro atoms. The van der Waals surface area contributed by atoms with E-state index in [0.29, 0.717) is 5.89 Å². The molecule has 1 aromatic carbocycles. The van der Waals surface area contributed by atoms with Crippen LogP contribution in [-0.2, 0) is 6.42 Å². The lowest BCUT2D eigenvalue weighted by molar-refractivity contribution is 0.490. The van der Waals surface area contributed by atoms with Crippen LogP contribution < -0.4 is 5.32 Å². The van der Waals surface area contributed by atoms with Crippen molar-refractivity contribution in [3.8, 4) is 11.5 Å². The third-order valence-corrected chi connectivity index (χ3v) is 3.74. The Labute approximate surface area is 119 Å². The Bertz CT molecular complexity index is 567. The molecular weight excluding hydrogens is 250 g/mol. The van der Waals surface area contributed by atoms with E-state index in [0.717, 1.165) is 36.9 Å². The Morgan fingerprint density at radius 2 is 1.95 bits per heavy atom. The molecule has 0 amide bonds. The molecule has 1 aliphatic carbocycles. The van der Waals surface area contributed by atoms with Gasteiger partial charge in [0.05, 0.1) is 0 Å². The minimum absolute atomic E-state index is 0.644. The van der Waals surface area contributed by atoms with E-state index in [1.54, 1.807) is 0 Å². The number of rotatable bonds is 6. The van der Waals surface area contributed by atoms with Gasteiger partial charge in [-0.1, -0.05) is 18.2 Å². The summed E-state index contributed by atoms with van der Waals surface area (Å²) in [5, 5.41) is 11.9. The SMILES string of the molecule is Cc1cccc(C)c1-c1nnc(CCCNC2CC2)o1. The summed E-state index contributed by atoms with van der Waals surface area (Å²) in [6.45, 7) is 5.18. The first kappa shape index (κ1) is 13.3. The van der Waals surface area contributed by atoms with Crippen LogP contribution in [0.5, 0.6) is 0 Å². The number of nitrogens with one attached hydrogen (secondary N) is 1. The molecule has 0 saturated heterocycles. The van der Waals surface area contributed by atoms with Gasteiger partial charge in [0.25, 0.3) is 0 Å². The van der Waals surface area contributed by atoms with Crippen LogP contribution >= 0.6 is 0 Å². The Balaban J connectivity index is 1.63. The molecule has 1 fully saturated rings. The van der Waals surface area contributed by atoms with Crippen molar-refractivity contribution < 1.29 is 4.42 Å². The third-order valence-electron chi connectivity index (χ3n) is 3.74. The van der Waals surface area contributed by atoms with Crippen LogP contribution in [0, 0.1) is 13.8 Å². The number of aryl methyl sites for hydroxylation is 3. The highest BCUT2D eigenvalue weighted by molar-refractivity contribution is 5.62. The lowest BCUT2D eigenvalue weighted by atomic mass is 10.0. The Morgan fingerprint density at radius 3 is 2.65 bits per heavy atom. The predicted molar refractivity (Wildman–Crippen MR) is 78.6 cm³/mol. The third kappa shape index (κ3) is 3.07. The highest BCUT2D eigenvalue weighted by Crippen LogP contribution is 2.26. The summed E-state index contributed by atoms with van der Waals surface area (Å²) in [5.74, 6) is 1.38. The zero-order chi connectivity index (χ0) is 13.9. The Morgan fingerprint density at radius 1 is 1.20 bits per heavy atom. The fourth-order valence-electron chi connectivity index (χ4n) is 2.44. The standard InChI is InChI=1S/C16H21N3O/c1-11-5-3-6-12(2)15(11)16-19-18-14(20-16)7-4-10-17-13-8-9-13/h3,5-6,13,17H,4,7-10H2,1-2H3. The lowest BCUT2D eigenvalue weighted by Gasteiger charge is -2.04. The topological polar surface area (TPSA) is 51.0 Å². The van der Waals surface area contributed by atoms with E-state index in [1.807, 2.05) is 0 Å². The highest BCUT2D eigenvalue weighted by Gasteiger charge is 2.19. The molecule has 2 aromatic rings. The molecule has 4 heteroatoms. The van der Waals surface area contributed by atoms with Gasteiger partial charge in [0.1, 0.15) is 0 Å². The fourth-order valence-corrected chi connectivity index (χ4v) is 2.44. The Kier molecular flexibility index (Phi) is 3.83. The molecule has 0 radical (unpaired) electrons. The van der Waals surface area contributed by atoms with Gasteiger partial charge in [0, 0.05) is 18.0 Å². The van der Waals surface area contributed by atoms with E-state index in [9.17, 15) is 0 Å². The van der Waals surface area contributed by atoms with Crippen LogP contribution in [0.2, 0.25) is 0 Å². The van der Waals surface area contributed by atoms with E-state index in [4.69, 9.17) is 4.42 Å². The minimum atomic E-state index is 0.644. The molecule has 0 bridgehead atoms. The predicted octanol–water partition coefficient (Wildman–Crippen LogP) is 3.04. The zero-order valence-corrected chi connectivity index (χ0v) is 12.1. The first-order chi connectivity index (χ1) is 9.74. The summed E-state index contributed by atoms with van der Waals surface area (Å²) >= 11 is 0. The molecule has 1 heterocycles. The molecule has 0 unspecified atom stereocenters. The molecule has 1 N–H and O–H groups in total. The van der Waals surface area contributed by atoms with Crippen molar-refractivity contribution in [2.24, 2.45) is 0 Å². The zero-order valence-electron chi connectivity index (χ0n) is 12.1. The van der Waals surface area contributed by atoms with E-state index in [2.05, 4.69) is 47.6 Å². The van der Waals surface area contributed by atoms with Crippen molar-refractivity contribution in [1.29, 1.82) is 0 Å². The van der Waals surface area contributed by atoms with Crippen molar-refractivity contribution in [1.82, 2.24) is 15.5 Å². The first-order valence-electron chi connectivity index (χ1n) is 7.36. The monoisotopic (exact) mass is 271 g/mol. The van der Waals surface area contributed by atoms with E-state index >= 15 is 0 Å². The molecule has 0 aliphatic heterocycles. The van der Waals surface area contributed by atoms with Crippen LogP contribution in [0.4, 0.5) is 0 Å². The van der Waals surface area contributed by atoms with Crippen molar-refractivity contribution in [2.75, 3.05) is 6.54 Å². The van der Waals surface area contributed by atoms with Crippen molar-refractivity contribution >= 4 is 0 Å². The molecule has 1 aliphatic rings. The van der Waals surface area contributed by atoms with Gasteiger partial charge in [-0.2, -0.15) is 0 Å². The van der Waals surface area contributed by atoms with Crippen LogP contribution in [0.1, 0.15) is 36.3 Å². The van der Waals surface area contributed by atoms with Crippen molar-refractivity contribution in [3.63, 3.8) is 0 Å². The maximum absolute atomic E-state index is 5.80. The van der Waals surface area contributed by atoms with Gasteiger partial charge in [-0.15, -0.1) is 10.2 Å². The summed E-state index contributed by atoms with van der Waals surface area (Å²) in [4.78, 5) is 0. The number of aromatic nitrogens is 2. The van der Waals surface area contributed by atoms with E-state index < -0.39 is 0 Å². The summed E-state index contributed by atoms with van der Waals surface area (Å²) in [5.41, 5.74) is 3.42. The number of hydrogen-bond donors (Lipinski definition) is 1. The van der Waals surface area contributed by atoms with Gasteiger partial charge in [0.15, 0.2) is 0 Å². The average Bonchev–Trinajstić information content (AvgIpc) is 3.13. The molecule has 3 rings (SSSR count). The summed E-state index contributed by atoms with van der Waals surface area (Å²) in [6, 6.07) is 6.97. The summed E-state index contributed by atoms with van der Waals surface area (Å²) in [7, 11) is 0. The molecule has 1 aromatic heterocycles. The van der Waals surface area contributed by atoms with Gasteiger partial charge in [-0.3, -0.25) is 0 Å². The summed E-state index contributed by atoms with van der Waals surface area (Å²) in [6.07, 6.45) is 4.55. The fraction of sp³-hybridized carbons (Fsp3) is 0.500. The molecule has 106 valence electrons. The van der Waals surface area contributed by atoms with Gasteiger partial charge in [-0.25, -0.2) is 0 Å². The average molecular weight is 271 g/mol. The molecule has 1 saturated carbocycles. The largest absolute Gasteiger partial charge is 0.421 e. The Hall–Kier alpha value is -1.68. The van der Waals surface area contributed by atoms with Crippen LogP contribution in [-0.4, -0.2) is 22.8 Å². The van der Waals surface area contributed by atoms with E-state index in [1.165, 1.54) is 24.0 Å². The maximum Gasteiger partial charge on any atom is 0.248 e. The summed E-state index contributed by atoms with van der Waals surface area (Å²) < 4.78 is 5.80. The maximum atomic E-state index is 5.80. The van der Waals surface area contributed by atoms with Crippen molar-refractivity contribution in [3.05, 3.63) is 35.2 Å². The molecule has 0 atom stereocenters. The first-order valence-corrected chi connectivity index (χ1v) is 7.36. The minimum Gasteiger partial charge on any atom is -0.421 e. The van der Waals surface area contributed by atoms with Gasteiger partial charge in [0.2, 0.25) is 11.8 Å². The molecule has 4 nitrogen and oxygen atoms in total. The van der Waals surface area contributed by atoms with Crippen molar-refractivity contribution in [2.45, 2.75) is 45.6 Å². The van der Waals surface area contributed by atoms with Crippen LogP contribution in [0.3, 0.4) is 0 Å². The van der Waals surface area contributed by atoms with Gasteiger partial charge >= 0.3 is 0 Å². The highest BCUT2D eigenvalue weighted by atomic mass is 16.4. The number of nitrogens with zero attached hydrogens (tertiary/aromatic N) is 2. The van der Waals surface area contributed by atoms with E-state index in [-0.39, 0.29) is 0 Å². The number of hydrogen-bond acceptors (Lipinski definition) is 4. The molecule has 20 heavy (non-hydrogen) atoms. The quantitative estimate of drug-likeness (QED) is 0.820. The second-order valence-electron chi connectivity index (χ2n) is 5.60. The second-order valence-corrected chi connectivity index (χ2v) is 5.60. The van der Waals surface area contributed by atoms with Gasteiger partial charge < -0.3 is 9.73 Å². The normalized spacial score (nSPS) is 14.7.